The number of hydrogen-bond acceptors (Lipinski definition) is 2. The second kappa shape index (κ2) is 6.55. The van der Waals surface area contributed by atoms with Crippen molar-refractivity contribution in [3.63, 3.8) is 0 Å². The van der Waals surface area contributed by atoms with Crippen LogP contribution in [0.25, 0.3) is 0 Å². The Morgan fingerprint density at radius 2 is 1.85 bits per heavy atom. The quantitative estimate of drug-likeness (QED) is 0.903. The van der Waals surface area contributed by atoms with Crippen molar-refractivity contribution in [3.8, 4) is 0 Å². The summed E-state index contributed by atoms with van der Waals surface area (Å²) in [4.78, 5) is 10.8. The molecule has 0 bridgehead atoms. The van der Waals surface area contributed by atoms with E-state index in [0.717, 1.165) is 16.7 Å². The molecule has 2 aromatic carbocycles. The third-order valence-electron chi connectivity index (χ3n) is 3.03. The van der Waals surface area contributed by atoms with Crippen molar-refractivity contribution in [2.45, 2.75) is 20.1 Å². The lowest BCUT2D eigenvalue weighted by molar-refractivity contribution is 0.0696. The number of aryl methyl sites for hydroxylation is 1. The SMILES string of the molecule is Cc1cc(C(=O)O)ccc1COCc1ccc(Cl)cc1. The Bertz CT molecular complexity index is 606. The molecule has 3 nitrogen and oxygen atoms in total. The summed E-state index contributed by atoms with van der Waals surface area (Å²) in [6.45, 7) is 2.83. The van der Waals surface area contributed by atoms with Crippen LogP contribution in [0.1, 0.15) is 27.0 Å². The van der Waals surface area contributed by atoms with Crippen LogP contribution in [0.5, 0.6) is 0 Å². The Hall–Kier alpha value is -1.84. The molecular formula is C16H15ClO3. The minimum atomic E-state index is -0.915. The Morgan fingerprint density at radius 3 is 2.45 bits per heavy atom. The lowest BCUT2D eigenvalue weighted by Gasteiger charge is -2.08. The summed E-state index contributed by atoms with van der Waals surface area (Å²) in [6, 6.07) is 12.5. The van der Waals surface area contributed by atoms with E-state index in [-0.39, 0.29) is 0 Å². The number of carboxylic acid groups (broad SMARTS) is 1. The maximum Gasteiger partial charge on any atom is 0.335 e. The highest BCUT2D eigenvalue weighted by Gasteiger charge is 2.05. The molecule has 0 heterocycles. The monoisotopic (exact) mass is 290 g/mol. The first-order valence-electron chi connectivity index (χ1n) is 6.21. The van der Waals surface area contributed by atoms with Crippen LogP contribution in [0.15, 0.2) is 42.5 Å². The molecule has 2 rings (SSSR count). The summed E-state index contributed by atoms with van der Waals surface area (Å²) in [7, 11) is 0. The highest BCUT2D eigenvalue weighted by atomic mass is 35.5. The molecule has 0 spiro atoms. The van der Waals surface area contributed by atoms with Gasteiger partial charge in [0.2, 0.25) is 0 Å². The zero-order valence-electron chi connectivity index (χ0n) is 11.1. The highest BCUT2D eigenvalue weighted by Crippen LogP contribution is 2.14. The van der Waals surface area contributed by atoms with Gasteiger partial charge in [-0.2, -0.15) is 0 Å². The first kappa shape index (κ1) is 14.6. The van der Waals surface area contributed by atoms with Crippen LogP contribution in [-0.2, 0) is 18.0 Å². The molecule has 0 aromatic heterocycles. The molecule has 1 N–H and O–H groups in total. The van der Waals surface area contributed by atoms with Crippen molar-refractivity contribution in [1.29, 1.82) is 0 Å². The number of halogens is 1. The molecule has 0 fully saturated rings. The van der Waals surface area contributed by atoms with E-state index in [1.165, 1.54) is 0 Å². The third kappa shape index (κ3) is 3.83. The zero-order chi connectivity index (χ0) is 14.5. The number of ether oxygens (including phenoxy) is 1. The molecule has 4 heteroatoms. The number of rotatable bonds is 5. The van der Waals surface area contributed by atoms with Crippen LogP contribution in [-0.4, -0.2) is 11.1 Å². The average Bonchev–Trinajstić information content (AvgIpc) is 2.42. The average molecular weight is 291 g/mol. The number of carboxylic acids is 1. The molecule has 0 saturated heterocycles. The molecule has 0 amide bonds. The van der Waals surface area contributed by atoms with E-state index in [9.17, 15) is 4.79 Å². The predicted molar refractivity (Wildman–Crippen MR) is 78.1 cm³/mol. The Balaban J connectivity index is 1.94. The van der Waals surface area contributed by atoms with Gasteiger partial charge in [-0.15, -0.1) is 0 Å². The summed E-state index contributed by atoms with van der Waals surface area (Å²) in [5.41, 5.74) is 3.25. The van der Waals surface area contributed by atoms with Crippen LogP contribution in [0.2, 0.25) is 5.02 Å². The van der Waals surface area contributed by atoms with Gasteiger partial charge in [-0.1, -0.05) is 29.8 Å². The van der Waals surface area contributed by atoms with Gasteiger partial charge in [0.1, 0.15) is 0 Å². The summed E-state index contributed by atoms with van der Waals surface area (Å²) in [5, 5.41) is 9.61. The fourth-order valence-electron chi connectivity index (χ4n) is 1.85. The van der Waals surface area contributed by atoms with Crippen LogP contribution in [0.3, 0.4) is 0 Å². The van der Waals surface area contributed by atoms with E-state index in [0.29, 0.717) is 23.8 Å². The molecule has 20 heavy (non-hydrogen) atoms. The van der Waals surface area contributed by atoms with Crippen molar-refractivity contribution in [2.75, 3.05) is 0 Å². The maximum absolute atomic E-state index is 10.8. The lowest BCUT2D eigenvalue weighted by Crippen LogP contribution is -2.00. The smallest absolute Gasteiger partial charge is 0.335 e. The van der Waals surface area contributed by atoms with Gasteiger partial charge in [0.25, 0.3) is 0 Å². The normalized spacial score (nSPS) is 10.5. The van der Waals surface area contributed by atoms with Gasteiger partial charge in [-0.25, -0.2) is 4.79 Å². The fraction of sp³-hybridized carbons (Fsp3) is 0.188. The zero-order valence-corrected chi connectivity index (χ0v) is 11.9. The van der Waals surface area contributed by atoms with Gasteiger partial charge < -0.3 is 9.84 Å². The van der Waals surface area contributed by atoms with Crippen molar-refractivity contribution < 1.29 is 14.6 Å². The van der Waals surface area contributed by atoms with Gasteiger partial charge in [0, 0.05) is 5.02 Å². The van der Waals surface area contributed by atoms with Crippen LogP contribution >= 0.6 is 11.6 Å². The molecule has 0 aliphatic heterocycles. The maximum atomic E-state index is 10.8. The van der Waals surface area contributed by atoms with E-state index in [2.05, 4.69) is 0 Å². The van der Waals surface area contributed by atoms with Crippen molar-refractivity contribution in [2.24, 2.45) is 0 Å². The standard InChI is InChI=1S/C16H15ClO3/c1-11-8-13(16(18)19)4-5-14(11)10-20-9-12-2-6-15(17)7-3-12/h2-8H,9-10H2,1H3,(H,18,19). The number of benzene rings is 2. The molecule has 0 aliphatic rings. The first-order valence-corrected chi connectivity index (χ1v) is 6.59. The summed E-state index contributed by atoms with van der Waals surface area (Å²) in [6.07, 6.45) is 0. The van der Waals surface area contributed by atoms with E-state index in [1.54, 1.807) is 18.2 Å². The molecule has 104 valence electrons. The van der Waals surface area contributed by atoms with E-state index >= 15 is 0 Å². The molecule has 0 aliphatic carbocycles. The number of carbonyl (C=O) groups is 1. The van der Waals surface area contributed by atoms with Crippen molar-refractivity contribution in [3.05, 3.63) is 69.7 Å². The third-order valence-corrected chi connectivity index (χ3v) is 3.28. The van der Waals surface area contributed by atoms with Gasteiger partial charge in [-0.3, -0.25) is 0 Å². The number of hydrogen-bond donors (Lipinski definition) is 1. The Kier molecular flexibility index (Phi) is 4.77. The minimum Gasteiger partial charge on any atom is -0.478 e. The summed E-state index contributed by atoms with van der Waals surface area (Å²) in [5.74, 6) is -0.915. The molecule has 0 unspecified atom stereocenters. The molecule has 0 atom stereocenters. The van der Waals surface area contributed by atoms with E-state index in [4.69, 9.17) is 21.4 Å². The minimum absolute atomic E-state index is 0.295. The van der Waals surface area contributed by atoms with Gasteiger partial charge in [-0.05, 0) is 47.9 Å². The Morgan fingerprint density at radius 1 is 1.15 bits per heavy atom. The molecular weight excluding hydrogens is 276 g/mol. The molecule has 0 saturated carbocycles. The second-order valence-corrected chi connectivity index (χ2v) is 5.00. The topological polar surface area (TPSA) is 46.5 Å². The van der Waals surface area contributed by atoms with Gasteiger partial charge >= 0.3 is 5.97 Å². The van der Waals surface area contributed by atoms with E-state index < -0.39 is 5.97 Å². The van der Waals surface area contributed by atoms with Crippen LogP contribution in [0, 0.1) is 6.92 Å². The van der Waals surface area contributed by atoms with E-state index in [1.807, 2.05) is 31.2 Å². The fourth-order valence-corrected chi connectivity index (χ4v) is 1.98. The summed E-state index contributed by atoms with van der Waals surface area (Å²) >= 11 is 5.81. The summed E-state index contributed by atoms with van der Waals surface area (Å²) < 4.78 is 5.64. The highest BCUT2D eigenvalue weighted by molar-refractivity contribution is 6.30. The van der Waals surface area contributed by atoms with Crippen molar-refractivity contribution >= 4 is 17.6 Å². The van der Waals surface area contributed by atoms with Gasteiger partial charge in [0.15, 0.2) is 0 Å². The Labute approximate surface area is 122 Å². The van der Waals surface area contributed by atoms with Crippen LogP contribution < -0.4 is 0 Å². The molecule has 0 radical (unpaired) electrons. The molecule has 2 aromatic rings. The van der Waals surface area contributed by atoms with Gasteiger partial charge in [0.05, 0.1) is 18.8 Å². The number of aromatic carboxylic acids is 1. The van der Waals surface area contributed by atoms with Crippen molar-refractivity contribution in [1.82, 2.24) is 0 Å². The largest absolute Gasteiger partial charge is 0.478 e. The first-order chi connectivity index (χ1) is 9.56. The predicted octanol–water partition coefficient (Wildman–Crippen LogP) is 4.06. The second-order valence-electron chi connectivity index (χ2n) is 4.57. The van der Waals surface area contributed by atoms with Crippen LogP contribution in [0.4, 0.5) is 0 Å². The lowest BCUT2D eigenvalue weighted by atomic mass is 10.1.